The maximum Gasteiger partial charge on any atom is 0.148 e. The van der Waals surface area contributed by atoms with Gasteiger partial charge >= 0.3 is 0 Å². The lowest BCUT2D eigenvalue weighted by molar-refractivity contribution is -0.0521. The van der Waals surface area contributed by atoms with E-state index in [1.165, 1.54) is 6.33 Å². The Morgan fingerprint density at radius 3 is 3.09 bits per heavy atom. The normalized spacial score (nSPS) is 23.9. The van der Waals surface area contributed by atoms with E-state index in [0.29, 0.717) is 24.5 Å². The zero-order valence-electron chi connectivity index (χ0n) is 13.2. The number of methoxy groups -OCH3 is 1. The van der Waals surface area contributed by atoms with Crippen LogP contribution in [-0.2, 0) is 9.47 Å². The fraction of sp³-hybridized carbons (Fsp3) is 0.500. The van der Waals surface area contributed by atoms with Crippen LogP contribution in [0, 0.1) is 11.8 Å². The molecular formula is C16H20N4O3. The van der Waals surface area contributed by atoms with Crippen molar-refractivity contribution in [2.24, 2.45) is 0 Å². The van der Waals surface area contributed by atoms with Gasteiger partial charge in [0.1, 0.15) is 30.1 Å². The van der Waals surface area contributed by atoms with Gasteiger partial charge in [0.2, 0.25) is 0 Å². The van der Waals surface area contributed by atoms with Crippen LogP contribution >= 0.6 is 0 Å². The molecule has 0 saturated carbocycles. The van der Waals surface area contributed by atoms with Crippen LogP contribution in [0.4, 0.5) is 5.82 Å². The van der Waals surface area contributed by atoms with E-state index in [9.17, 15) is 5.11 Å². The second kappa shape index (κ2) is 6.54. The van der Waals surface area contributed by atoms with E-state index in [0.717, 1.165) is 17.4 Å². The summed E-state index contributed by atoms with van der Waals surface area (Å²) < 4.78 is 12.9. The number of hydrogen-bond donors (Lipinski definition) is 2. The molecule has 2 aromatic heterocycles. The second-order valence-electron chi connectivity index (χ2n) is 5.45. The van der Waals surface area contributed by atoms with Gasteiger partial charge in [0.25, 0.3) is 0 Å². The van der Waals surface area contributed by atoms with Crippen LogP contribution < -0.4 is 5.73 Å². The standard InChI is InChI=1S/C16H20N4O3/c1-3-4-5-10-7-20(16-14(10)15(17)18-9-19-16)13-6-11(21)12(23-13)8-22-2/h7,9,11-13,21H,3,6,8H2,1-2H3,(H2,17,18,19)/t11-,12?,13?/m1/s1. The van der Waals surface area contributed by atoms with Gasteiger partial charge in [-0.05, 0) is 0 Å². The van der Waals surface area contributed by atoms with Gasteiger partial charge in [0, 0.05) is 26.1 Å². The lowest BCUT2D eigenvalue weighted by Crippen LogP contribution is -2.25. The van der Waals surface area contributed by atoms with Gasteiger partial charge in [-0.3, -0.25) is 0 Å². The van der Waals surface area contributed by atoms with Crippen molar-refractivity contribution < 1.29 is 14.6 Å². The third-order valence-corrected chi connectivity index (χ3v) is 3.88. The summed E-state index contributed by atoms with van der Waals surface area (Å²) in [7, 11) is 1.58. The summed E-state index contributed by atoms with van der Waals surface area (Å²) in [5.41, 5.74) is 7.43. The van der Waals surface area contributed by atoms with E-state index in [1.54, 1.807) is 7.11 Å². The molecule has 1 saturated heterocycles. The predicted molar refractivity (Wildman–Crippen MR) is 85.5 cm³/mol. The number of nitrogens with zero attached hydrogens (tertiary/aromatic N) is 3. The number of aromatic nitrogens is 3. The Hall–Kier alpha value is -2.14. The minimum absolute atomic E-state index is 0.334. The summed E-state index contributed by atoms with van der Waals surface area (Å²) in [6.45, 7) is 2.33. The van der Waals surface area contributed by atoms with Crippen molar-refractivity contribution in [2.75, 3.05) is 19.5 Å². The highest BCUT2D eigenvalue weighted by Crippen LogP contribution is 2.34. The topological polar surface area (TPSA) is 95.4 Å². The highest BCUT2D eigenvalue weighted by atomic mass is 16.6. The van der Waals surface area contributed by atoms with Crippen LogP contribution in [0.1, 0.15) is 31.6 Å². The zero-order valence-corrected chi connectivity index (χ0v) is 13.2. The summed E-state index contributed by atoms with van der Waals surface area (Å²) in [4.78, 5) is 8.37. The molecule has 23 heavy (non-hydrogen) atoms. The molecular weight excluding hydrogens is 296 g/mol. The molecule has 0 aromatic carbocycles. The smallest absolute Gasteiger partial charge is 0.148 e. The number of anilines is 1. The van der Waals surface area contributed by atoms with Crippen LogP contribution in [0.25, 0.3) is 11.0 Å². The average Bonchev–Trinajstić information content (AvgIpc) is 3.08. The Labute approximate surface area is 134 Å². The molecule has 3 N–H and O–H groups in total. The summed E-state index contributed by atoms with van der Waals surface area (Å²) in [5, 5.41) is 10.8. The average molecular weight is 316 g/mol. The largest absolute Gasteiger partial charge is 0.390 e. The number of aliphatic hydroxyl groups excluding tert-OH is 1. The first kappa shape index (κ1) is 15.7. The highest BCUT2D eigenvalue weighted by Gasteiger charge is 2.36. The van der Waals surface area contributed by atoms with Gasteiger partial charge in [-0.15, -0.1) is 0 Å². The Morgan fingerprint density at radius 2 is 2.35 bits per heavy atom. The van der Waals surface area contributed by atoms with Gasteiger partial charge in [0.15, 0.2) is 0 Å². The van der Waals surface area contributed by atoms with Gasteiger partial charge in [-0.2, -0.15) is 0 Å². The minimum Gasteiger partial charge on any atom is -0.390 e. The first-order valence-electron chi connectivity index (χ1n) is 7.58. The predicted octanol–water partition coefficient (Wildman–Crippen LogP) is 1.07. The monoisotopic (exact) mass is 316 g/mol. The third-order valence-electron chi connectivity index (χ3n) is 3.88. The van der Waals surface area contributed by atoms with Crippen molar-refractivity contribution >= 4 is 16.9 Å². The van der Waals surface area contributed by atoms with E-state index in [1.807, 2.05) is 17.7 Å². The van der Waals surface area contributed by atoms with E-state index in [4.69, 9.17) is 15.2 Å². The first-order valence-corrected chi connectivity index (χ1v) is 7.58. The number of rotatable bonds is 3. The lowest BCUT2D eigenvalue weighted by atomic mass is 10.2. The molecule has 1 aliphatic rings. The number of nitrogen functional groups attached to an aromatic ring is 1. The third kappa shape index (κ3) is 2.88. The minimum atomic E-state index is -0.582. The Bertz CT molecular complexity index is 762. The SMILES string of the molecule is CCC#Cc1cn(C2C[C@@H](O)C(COC)O2)c2ncnc(N)c12. The summed E-state index contributed by atoms with van der Waals surface area (Å²) in [5.74, 6) is 6.53. The first-order chi connectivity index (χ1) is 11.2. The molecule has 3 atom stereocenters. The van der Waals surface area contributed by atoms with E-state index >= 15 is 0 Å². The van der Waals surface area contributed by atoms with Gasteiger partial charge in [0.05, 0.1) is 23.7 Å². The maximum absolute atomic E-state index is 10.1. The van der Waals surface area contributed by atoms with Crippen LogP contribution in [0.5, 0.6) is 0 Å². The number of fused-ring (bicyclic) bond motifs is 1. The molecule has 7 nitrogen and oxygen atoms in total. The molecule has 1 aliphatic heterocycles. The quantitative estimate of drug-likeness (QED) is 0.823. The fourth-order valence-electron chi connectivity index (χ4n) is 2.81. The molecule has 0 aliphatic carbocycles. The fourth-order valence-corrected chi connectivity index (χ4v) is 2.81. The van der Waals surface area contributed by atoms with Crippen molar-refractivity contribution in [2.45, 2.75) is 38.2 Å². The van der Waals surface area contributed by atoms with E-state index < -0.39 is 6.10 Å². The molecule has 2 unspecified atom stereocenters. The van der Waals surface area contributed by atoms with Gasteiger partial charge in [-0.1, -0.05) is 18.8 Å². The summed E-state index contributed by atoms with van der Waals surface area (Å²) >= 11 is 0. The lowest BCUT2D eigenvalue weighted by Gasteiger charge is -2.15. The van der Waals surface area contributed by atoms with Crippen molar-refractivity contribution in [1.29, 1.82) is 0 Å². The molecule has 0 bridgehead atoms. The Morgan fingerprint density at radius 1 is 1.52 bits per heavy atom. The zero-order chi connectivity index (χ0) is 16.4. The molecule has 0 radical (unpaired) electrons. The highest BCUT2D eigenvalue weighted by molar-refractivity contribution is 5.92. The summed E-state index contributed by atoms with van der Waals surface area (Å²) in [6.07, 6.45) is 3.22. The molecule has 0 spiro atoms. The van der Waals surface area contributed by atoms with Crippen LogP contribution in [-0.4, -0.2) is 45.6 Å². The number of aliphatic hydroxyl groups is 1. The maximum atomic E-state index is 10.1. The molecule has 7 heteroatoms. The number of hydrogen-bond acceptors (Lipinski definition) is 6. The van der Waals surface area contributed by atoms with Crippen molar-refractivity contribution in [3.63, 3.8) is 0 Å². The number of nitrogens with two attached hydrogens (primary N) is 1. The van der Waals surface area contributed by atoms with Crippen LogP contribution in [0.3, 0.4) is 0 Å². The van der Waals surface area contributed by atoms with Crippen molar-refractivity contribution in [3.05, 3.63) is 18.1 Å². The Kier molecular flexibility index (Phi) is 4.48. The molecule has 3 rings (SSSR count). The molecule has 1 fully saturated rings. The van der Waals surface area contributed by atoms with Crippen molar-refractivity contribution in [3.8, 4) is 11.8 Å². The van der Waals surface area contributed by atoms with Crippen molar-refractivity contribution in [1.82, 2.24) is 14.5 Å². The molecule has 3 heterocycles. The molecule has 122 valence electrons. The van der Waals surface area contributed by atoms with Crippen LogP contribution in [0.2, 0.25) is 0 Å². The van der Waals surface area contributed by atoms with Gasteiger partial charge in [-0.25, -0.2) is 9.97 Å². The van der Waals surface area contributed by atoms with E-state index in [2.05, 4.69) is 21.8 Å². The molecule has 0 amide bonds. The second-order valence-corrected chi connectivity index (χ2v) is 5.45. The Balaban J connectivity index is 2.03. The number of ether oxygens (including phenoxy) is 2. The van der Waals surface area contributed by atoms with Gasteiger partial charge < -0.3 is 24.9 Å². The van der Waals surface area contributed by atoms with E-state index in [-0.39, 0.29) is 12.3 Å². The summed E-state index contributed by atoms with van der Waals surface area (Å²) in [6, 6.07) is 0. The molecule has 2 aromatic rings. The van der Waals surface area contributed by atoms with Crippen LogP contribution in [0.15, 0.2) is 12.5 Å².